The van der Waals surface area contributed by atoms with Gasteiger partial charge in [0.25, 0.3) is 0 Å². The molecule has 0 spiro atoms. The highest BCUT2D eigenvalue weighted by molar-refractivity contribution is 14.1. The lowest BCUT2D eigenvalue weighted by atomic mass is 9.96. The van der Waals surface area contributed by atoms with Crippen molar-refractivity contribution >= 4 is 40.3 Å². The van der Waals surface area contributed by atoms with Gasteiger partial charge in [-0.25, -0.2) is 4.79 Å². The van der Waals surface area contributed by atoms with Crippen LogP contribution in [-0.4, -0.2) is 47.3 Å². The summed E-state index contributed by atoms with van der Waals surface area (Å²) in [6.45, 7) is 5.29. The molecule has 1 aromatic carbocycles. The average molecular weight is 550 g/mol. The molecule has 170 valence electrons. The molecule has 0 aromatic heterocycles. The van der Waals surface area contributed by atoms with E-state index in [4.69, 9.17) is 4.74 Å². The number of fused-ring (bicyclic) bond motifs is 2. The SMILES string of the molecule is CC(C)(C)OC(=O)N1[C@@H]2CC[C@H]1CC(=CCN(C(=O)C(F)(F)F)c1ccccc1I)C2. The van der Waals surface area contributed by atoms with Crippen molar-refractivity contribution in [3.05, 3.63) is 39.5 Å². The third-order valence-electron chi connectivity index (χ3n) is 5.41. The van der Waals surface area contributed by atoms with Crippen LogP contribution in [0, 0.1) is 3.57 Å². The van der Waals surface area contributed by atoms with E-state index in [1.165, 1.54) is 6.07 Å². The van der Waals surface area contributed by atoms with Gasteiger partial charge in [0.15, 0.2) is 0 Å². The number of halogens is 4. The number of rotatable bonds is 3. The monoisotopic (exact) mass is 550 g/mol. The van der Waals surface area contributed by atoms with E-state index in [0.29, 0.717) is 16.4 Å². The molecular formula is C22H26F3IN2O3. The number of benzene rings is 1. The van der Waals surface area contributed by atoms with Gasteiger partial charge in [0, 0.05) is 22.2 Å². The minimum Gasteiger partial charge on any atom is -0.444 e. The Morgan fingerprint density at radius 2 is 1.74 bits per heavy atom. The molecule has 2 atom stereocenters. The summed E-state index contributed by atoms with van der Waals surface area (Å²) in [4.78, 5) is 27.2. The standard InChI is InChI=1S/C22H26F3IN2O3/c1-21(2,3)31-20(30)28-15-8-9-16(28)13-14(12-15)10-11-27(19(29)22(23,24)25)18-7-5-4-6-17(18)26/h4-7,10,15-16H,8-9,11-13H2,1-3H3/t15-,16+. The predicted octanol–water partition coefficient (Wildman–Crippen LogP) is 5.67. The Labute approximate surface area is 193 Å². The van der Waals surface area contributed by atoms with Crippen LogP contribution < -0.4 is 4.90 Å². The molecule has 2 amide bonds. The molecule has 5 nitrogen and oxygen atoms in total. The molecular weight excluding hydrogens is 524 g/mol. The molecule has 9 heteroatoms. The molecule has 0 aliphatic carbocycles. The largest absolute Gasteiger partial charge is 0.471 e. The Morgan fingerprint density at radius 3 is 2.26 bits per heavy atom. The summed E-state index contributed by atoms with van der Waals surface area (Å²) in [7, 11) is 0. The highest BCUT2D eigenvalue weighted by atomic mass is 127. The van der Waals surface area contributed by atoms with Crippen molar-refractivity contribution in [2.45, 2.75) is 70.3 Å². The Morgan fingerprint density at radius 1 is 1.16 bits per heavy atom. The van der Waals surface area contributed by atoms with Gasteiger partial charge in [-0.1, -0.05) is 23.8 Å². The molecule has 3 rings (SSSR count). The van der Waals surface area contributed by atoms with E-state index in [1.54, 1.807) is 29.2 Å². The number of hydrogen-bond donors (Lipinski definition) is 0. The summed E-state index contributed by atoms with van der Waals surface area (Å²) in [5.41, 5.74) is 0.618. The van der Waals surface area contributed by atoms with Crippen LogP contribution in [0.3, 0.4) is 0 Å². The Kier molecular flexibility index (Phi) is 6.93. The fraction of sp³-hybridized carbons (Fsp3) is 0.545. The summed E-state index contributed by atoms with van der Waals surface area (Å²) in [6.07, 6.45) is -0.759. The van der Waals surface area contributed by atoms with E-state index < -0.39 is 17.7 Å². The molecule has 2 bridgehead atoms. The Bertz CT molecular complexity index is 863. The molecule has 0 N–H and O–H groups in total. The third-order valence-corrected chi connectivity index (χ3v) is 6.33. The number of piperidine rings is 1. The lowest BCUT2D eigenvalue weighted by molar-refractivity contribution is -0.170. The lowest BCUT2D eigenvalue weighted by Crippen LogP contribution is -2.47. The average Bonchev–Trinajstić information content (AvgIpc) is 2.92. The minimum absolute atomic E-state index is 0.0246. The first-order valence-electron chi connectivity index (χ1n) is 10.2. The highest BCUT2D eigenvalue weighted by Gasteiger charge is 2.45. The summed E-state index contributed by atoms with van der Waals surface area (Å²) < 4.78 is 45.7. The van der Waals surface area contributed by atoms with Gasteiger partial charge in [0.1, 0.15) is 5.60 Å². The first-order valence-corrected chi connectivity index (χ1v) is 11.3. The quantitative estimate of drug-likeness (QED) is 0.360. The smallest absolute Gasteiger partial charge is 0.444 e. The fourth-order valence-electron chi connectivity index (χ4n) is 4.16. The maximum absolute atomic E-state index is 13.2. The number of anilines is 1. The van der Waals surface area contributed by atoms with Crippen molar-refractivity contribution in [3.8, 4) is 0 Å². The zero-order valence-electron chi connectivity index (χ0n) is 17.7. The first kappa shape index (κ1) is 23.9. The van der Waals surface area contributed by atoms with Crippen molar-refractivity contribution in [3.63, 3.8) is 0 Å². The van der Waals surface area contributed by atoms with E-state index in [9.17, 15) is 22.8 Å². The third kappa shape index (κ3) is 5.72. The van der Waals surface area contributed by atoms with E-state index >= 15 is 0 Å². The maximum Gasteiger partial charge on any atom is 0.471 e. The van der Waals surface area contributed by atoms with Gasteiger partial charge in [0.2, 0.25) is 0 Å². The van der Waals surface area contributed by atoms with Gasteiger partial charge in [-0.2, -0.15) is 13.2 Å². The van der Waals surface area contributed by atoms with E-state index in [0.717, 1.165) is 23.3 Å². The Balaban J connectivity index is 1.77. The molecule has 2 fully saturated rings. The van der Waals surface area contributed by atoms with Crippen LogP contribution in [0.25, 0.3) is 0 Å². The lowest BCUT2D eigenvalue weighted by Gasteiger charge is -2.37. The molecule has 2 aliphatic heterocycles. The normalized spacial score (nSPS) is 22.5. The molecule has 1 aromatic rings. The van der Waals surface area contributed by atoms with E-state index in [-0.39, 0.29) is 30.4 Å². The number of ether oxygens (including phenoxy) is 1. The second-order valence-electron chi connectivity index (χ2n) is 8.91. The maximum atomic E-state index is 13.2. The molecule has 31 heavy (non-hydrogen) atoms. The van der Waals surface area contributed by atoms with Crippen molar-refractivity contribution in [2.24, 2.45) is 0 Å². The molecule has 2 saturated heterocycles. The summed E-state index contributed by atoms with van der Waals surface area (Å²) in [6, 6.07) is 6.45. The van der Waals surface area contributed by atoms with Crippen LogP contribution in [0.1, 0.15) is 46.5 Å². The van der Waals surface area contributed by atoms with Gasteiger partial charge in [-0.3, -0.25) is 9.69 Å². The topological polar surface area (TPSA) is 49.9 Å². The summed E-state index contributed by atoms with van der Waals surface area (Å²) in [5, 5.41) is 0. The van der Waals surface area contributed by atoms with E-state index in [2.05, 4.69) is 0 Å². The number of amides is 2. The highest BCUT2D eigenvalue weighted by Crippen LogP contribution is 2.39. The van der Waals surface area contributed by atoms with Crippen LogP contribution >= 0.6 is 22.6 Å². The number of hydrogen-bond acceptors (Lipinski definition) is 3. The molecule has 0 unspecified atom stereocenters. The Hall–Kier alpha value is -1.78. The second-order valence-corrected chi connectivity index (χ2v) is 10.1. The molecule has 0 radical (unpaired) electrons. The number of carbonyl (C=O) groups is 2. The van der Waals surface area contributed by atoms with Crippen molar-refractivity contribution in [1.29, 1.82) is 0 Å². The van der Waals surface area contributed by atoms with Gasteiger partial charge in [-0.15, -0.1) is 0 Å². The zero-order valence-corrected chi connectivity index (χ0v) is 19.9. The first-order chi connectivity index (χ1) is 14.4. The second kappa shape index (κ2) is 8.99. The molecule has 0 saturated carbocycles. The van der Waals surface area contributed by atoms with Crippen LogP contribution in [0.5, 0.6) is 0 Å². The zero-order chi connectivity index (χ0) is 23.0. The van der Waals surface area contributed by atoms with Crippen LogP contribution in [0.15, 0.2) is 35.9 Å². The summed E-state index contributed by atoms with van der Waals surface area (Å²) in [5.74, 6) is -1.89. The van der Waals surface area contributed by atoms with Crippen LogP contribution in [0.2, 0.25) is 0 Å². The van der Waals surface area contributed by atoms with E-state index in [1.807, 2.05) is 43.4 Å². The van der Waals surface area contributed by atoms with Gasteiger partial charge in [-0.05, 0) is 81.2 Å². The van der Waals surface area contributed by atoms with Crippen molar-refractivity contribution < 1.29 is 27.5 Å². The molecule has 2 heterocycles. The number of carbonyl (C=O) groups excluding carboxylic acids is 2. The number of para-hydroxylation sites is 1. The van der Waals surface area contributed by atoms with Crippen molar-refractivity contribution in [1.82, 2.24) is 4.90 Å². The predicted molar refractivity (Wildman–Crippen MR) is 120 cm³/mol. The van der Waals surface area contributed by atoms with Gasteiger partial charge >= 0.3 is 18.2 Å². The van der Waals surface area contributed by atoms with Crippen LogP contribution in [-0.2, 0) is 9.53 Å². The molecule has 2 aliphatic rings. The fourth-order valence-corrected chi connectivity index (χ4v) is 4.84. The summed E-state index contributed by atoms with van der Waals surface area (Å²) >= 11 is 1.93. The van der Waals surface area contributed by atoms with Gasteiger partial charge in [0.05, 0.1) is 5.69 Å². The number of alkyl halides is 3. The van der Waals surface area contributed by atoms with Crippen LogP contribution in [0.4, 0.5) is 23.7 Å². The van der Waals surface area contributed by atoms with Crippen molar-refractivity contribution in [2.75, 3.05) is 11.4 Å². The van der Waals surface area contributed by atoms with Gasteiger partial charge < -0.3 is 9.64 Å². The minimum atomic E-state index is -4.96. The number of nitrogens with zero attached hydrogens (tertiary/aromatic N) is 2.